The van der Waals surface area contributed by atoms with Crippen LogP contribution in [0.15, 0.2) is 53.7 Å². The molecule has 1 heterocycles. The van der Waals surface area contributed by atoms with Crippen LogP contribution in [0.5, 0.6) is 5.75 Å². The minimum absolute atomic E-state index is 0.0509. The molecule has 0 saturated heterocycles. The van der Waals surface area contributed by atoms with Crippen molar-refractivity contribution in [3.63, 3.8) is 0 Å². The first-order valence-corrected chi connectivity index (χ1v) is 18.4. The summed E-state index contributed by atoms with van der Waals surface area (Å²) in [5, 5.41) is 8.16. The summed E-state index contributed by atoms with van der Waals surface area (Å²) in [6.45, 7) is 6.86. The summed E-state index contributed by atoms with van der Waals surface area (Å²) in [4.78, 5) is 30.1. The largest absolute Gasteiger partial charge is 0.490 e. The van der Waals surface area contributed by atoms with Crippen molar-refractivity contribution in [1.29, 1.82) is 0 Å². The summed E-state index contributed by atoms with van der Waals surface area (Å²) in [6, 6.07) is 11.3. The number of amides is 1. The van der Waals surface area contributed by atoms with E-state index in [1.807, 2.05) is 37.3 Å². The highest BCUT2D eigenvalue weighted by molar-refractivity contribution is 7.89. The number of anilines is 1. The Morgan fingerprint density at radius 2 is 1.86 bits per heavy atom. The Morgan fingerprint density at radius 3 is 2.47 bits per heavy atom. The Balaban J connectivity index is 1.58. The molecule has 2 aromatic carbocycles. The van der Waals surface area contributed by atoms with E-state index >= 15 is 0 Å². The molecule has 0 unspecified atom stereocenters. The van der Waals surface area contributed by atoms with Crippen LogP contribution in [0.4, 0.5) is 10.5 Å². The number of ether oxygens (including phenoxy) is 4. The molecule has 0 spiro atoms. The van der Waals surface area contributed by atoms with E-state index in [2.05, 4.69) is 10.3 Å². The van der Waals surface area contributed by atoms with Crippen LogP contribution in [-0.2, 0) is 41.2 Å². The fraction of sp³-hybridized carbons (Fsp3) is 0.472. The van der Waals surface area contributed by atoms with Gasteiger partial charge in [-0.3, -0.25) is 15.1 Å². The SMILES string of the molecule is CCCC[C@H](C(=O)OC)c1cc(COC2(c3cnccc3-c3ccccc3OC3CC3)CC2)c(Cl)c(NC(=O)OC(C)(C)C)c1S(N)(=O)=O. The van der Waals surface area contributed by atoms with Crippen molar-refractivity contribution in [1.82, 2.24) is 4.98 Å². The number of carbonyl (C=O) groups is 2. The number of hydrogen-bond acceptors (Lipinski definition) is 9. The van der Waals surface area contributed by atoms with Crippen molar-refractivity contribution in [2.45, 2.75) is 107 Å². The van der Waals surface area contributed by atoms with Crippen molar-refractivity contribution in [2.24, 2.45) is 5.14 Å². The normalized spacial score (nSPS) is 16.1. The number of sulfonamides is 1. The van der Waals surface area contributed by atoms with Gasteiger partial charge in [-0.2, -0.15) is 0 Å². The number of primary sulfonamides is 1. The van der Waals surface area contributed by atoms with Gasteiger partial charge < -0.3 is 18.9 Å². The first-order chi connectivity index (χ1) is 23.2. The zero-order chi connectivity index (χ0) is 35.6. The summed E-state index contributed by atoms with van der Waals surface area (Å²) < 4.78 is 49.8. The molecule has 1 atom stereocenters. The van der Waals surface area contributed by atoms with E-state index < -0.39 is 44.1 Å². The highest BCUT2D eigenvalue weighted by atomic mass is 35.5. The van der Waals surface area contributed by atoms with Crippen LogP contribution in [0.3, 0.4) is 0 Å². The lowest BCUT2D eigenvalue weighted by Gasteiger charge is -2.26. The highest BCUT2D eigenvalue weighted by Crippen LogP contribution is 2.54. The Hall–Kier alpha value is -3.71. The number of unbranched alkanes of at least 4 members (excludes halogenated alkanes) is 1. The fourth-order valence-corrected chi connectivity index (χ4v) is 7.10. The predicted octanol–water partition coefficient (Wildman–Crippen LogP) is 7.59. The van der Waals surface area contributed by atoms with Crippen molar-refractivity contribution < 1.29 is 37.0 Å². The molecule has 1 amide bonds. The van der Waals surface area contributed by atoms with Crippen LogP contribution in [-0.4, -0.2) is 44.3 Å². The zero-order valence-electron chi connectivity index (χ0n) is 28.5. The molecule has 3 N–H and O–H groups in total. The third kappa shape index (κ3) is 8.72. The molecule has 2 saturated carbocycles. The number of nitrogens with two attached hydrogens (primary N) is 1. The Kier molecular flexibility index (Phi) is 10.9. The van der Waals surface area contributed by atoms with Crippen molar-refractivity contribution in [2.75, 3.05) is 12.4 Å². The lowest BCUT2D eigenvalue weighted by molar-refractivity contribution is -0.142. The molecule has 2 fully saturated rings. The van der Waals surface area contributed by atoms with Gasteiger partial charge >= 0.3 is 12.1 Å². The molecule has 264 valence electrons. The van der Waals surface area contributed by atoms with E-state index in [0.29, 0.717) is 24.8 Å². The van der Waals surface area contributed by atoms with Crippen molar-refractivity contribution in [3.8, 4) is 16.9 Å². The first-order valence-electron chi connectivity index (χ1n) is 16.5. The van der Waals surface area contributed by atoms with Crippen molar-refractivity contribution >= 4 is 39.4 Å². The summed E-state index contributed by atoms with van der Waals surface area (Å²) in [6.07, 6.45) is 7.82. The van der Waals surface area contributed by atoms with Gasteiger partial charge in [-0.05, 0) is 87.8 Å². The fourth-order valence-electron chi connectivity index (χ4n) is 5.83. The standard InChI is InChI=1S/C36H44ClN3O8S/c1-6-7-10-26(33(41)45-5)27-19-22(30(37)31(32(27)49(38,43)44)40-34(42)48-35(2,3)4)21-46-36(16-17-36)28-20-39-18-15-24(28)25-11-8-9-12-29(25)47-23-13-14-23/h8-9,11-12,15,18-20,23,26H,6-7,10,13-14,16-17,21H2,1-5H3,(H,40,42)(H2,38,43,44)/t26-/m0/s1. The van der Waals surface area contributed by atoms with Gasteiger partial charge in [-0.15, -0.1) is 0 Å². The molecule has 0 radical (unpaired) electrons. The van der Waals surface area contributed by atoms with E-state index in [9.17, 15) is 18.0 Å². The molecule has 11 nitrogen and oxygen atoms in total. The van der Waals surface area contributed by atoms with Gasteiger partial charge in [0.1, 0.15) is 16.2 Å². The number of nitrogens with zero attached hydrogens (tertiary/aromatic N) is 1. The zero-order valence-corrected chi connectivity index (χ0v) is 30.1. The highest BCUT2D eigenvalue weighted by Gasteiger charge is 2.48. The second kappa shape index (κ2) is 14.6. The van der Waals surface area contributed by atoms with E-state index in [4.69, 9.17) is 35.7 Å². The number of para-hydroxylation sites is 1. The molecule has 0 bridgehead atoms. The van der Waals surface area contributed by atoms with E-state index in [1.165, 1.54) is 13.2 Å². The maximum absolute atomic E-state index is 13.2. The molecule has 2 aliphatic rings. The molecule has 3 aromatic rings. The first kappa shape index (κ1) is 36.6. The average molecular weight is 714 g/mol. The molecular weight excluding hydrogens is 670 g/mol. The van der Waals surface area contributed by atoms with Gasteiger partial charge in [0.05, 0.1) is 42.0 Å². The Bertz CT molecular complexity index is 1820. The molecule has 1 aromatic heterocycles. The summed E-state index contributed by atoms with van der Waals surface area (Å²) in [5.41, 5.74) is 1.21. The van der Waals surface area contributed by atoms with Crippen LogP contribution in [0, 0.1) is 0 Å². The van der Waals surface area contributed by atoms with Gasteiger partial charge in [-0.25, -0.2) is 18.4 Å². The maximum Gasteiger partial charge on any atom is 0.412 e. The molecular formula is C36H44ClN3O8S. The average Bonchev–Trinajstić information content (AvgIpc) is 3.98. The van der Waals surface area contributed by atoms with Crippen LogP contribution < -0.4 is 15.2 Å². The number of hydrogen-bond donors (Lipinski definition) is 2. The summed E-state index contributed by atoms with van der Waals surface area (Å²) >= 11 is 6.91. The van der Waals surface area contributed by atoms with Gasteiger partial charge in [0, 0.05) is 23.5 Å². The molecule has 49 heavy (non-hydrogen) atoms. The number of aromatic nitrogens is 1. The van der Waals surface area contributed by atoms with Crippen molar-refractivity contribution in [3.05, 3.63) is 70.5 Å². The van der Waals surface area contributed by atoms with E-state index in [0.717, 1.165) is 41.7 Å². The molecule has 2 aliphatic carbocycles. The number of carbonyl (C=O) groups excluding carboxylic acids is 2. The third-order valence-corrected chi connectivity index (χ3v) is 9.89. The Labute approximate surface area is 292 Å². The van der Waals surface area contributed by atoms with Crippen LogP contribution in [0.1, 0.15) is 95.2 Å². The number of rotatable bonds is 14. The second-order valence-electron chi connectivity index (χ2n) is 13.6. The van der Waals surface area contributed by atoms with Gasteiger partial charge in [0.15, 0.2) is 0 Å². The van der Waals surface area contributed by atoms with E-state index in [-0.39, 0.29) is 35.4 Å². The predicted molar refractivity (Wildman–Crippen MR) is 186 cm³/mol. The van der Waals surface area contributed by atoms with Crippen LogP contribution >= 0.6 is 11.6 Å². The minimum Gasteiger partial charge on any atom is -0.490 e. The maximum atomic E-state index is 13.2. The Morgan fingerprint density at radius 1 is 1.14 bits per heavy atom. The number of benzene rings is 2. The van der Waals surface area contributed by atoms with E-state index in [1.54, 1.807) is 33.2 Å². The molecule has 0 aliphatic heterocycles. The van der Waals surface area contributed by atoms with Gasteiger partial charge in [0.2, 0.25) is 10.0 Å². The number of nitrogens with one attached hydrogen (secondary N) is 1. The second-order valence-corrected chi connectivity index (χ2v) is 15.4. The third-order valence-electron chi connectivity index (χ3n) is 8.45. The van der Waals surface area contributed by atoms with Crippen LogP contribution in [0.25, 0.3) is 11.1 Å². The monoisotopic (exact) mass is 713 g/mol. The van der Waals surface area contributed by atoms with Gasteiger partial charge in [-0.1, -0.05) is 49.6 Å². The number of methoxy groups -OCH3 is 1. The minimum atomic E-state index is -4.55. The molecule has 13 heteroatoms. The summed E-state index contributed by atoms with van der Waals surface area (Å²) in [7, 11) is -3.32. The quantitative estimate of drug-likeness (QED) is 0.161. The lowest BCUT2D eigenvalue weighted by atomic mass is 9.91. The number of halogens is 1. The number of pyridine rings is 1. The van der Waals surface area contributed by atoms with Gasteiger partial charge in [0.25, 0.3) is 0 Å². The molecule has 5 rings (SSSR count). The smallest absolute Gasteiger partial charge is 0.412 e. The topological polar surface area (TPSA) is 156 Å². The summed E-state index contributed by atoms with van der Waals surface area (Å²) in [5.74, 6) is -0.879. The van der Waals surface area contributed by atoms with Crippen LogP contribution in [0.2, 0.25) is 5.02 Å². The number of esters is 1. The lowest BCUT2D eigenvalue weighted by Crippen LogP contribution is -2.29.